The molecule has 0 bridgehead atoms. The highest BCUT2D eigenvalue weighted by atomic mass is 32.1. The van der Waals surface area contributed by atoms with Crippen LogP contribution in [0.4, 0.5) is 5.13 Å². The number of benzene rings is 3. The van der Waals surface area contributed by atoms with Gasteiger partial charge in [-0.25, -0.2) is 4.98 Å². The molecule has 1 unspecified atom stereocenters. The third-order valence-corrected chi connectivity index (χ3v) is 7.34. The van der Waals surface area contributed by atoms with Crippen molar-refractivity contribution in [1.82, 2.24) is 4.98 Å². The molecule has 1 atom stereocenters. The minimum Gasteiger partial charge on any atom is -0.503 e. The van der Waals surface area contributed by atoms with E-state index in [9.17, 15) is 14.7 Å². The number of carbonyl (C=O) groups excluding carboxylic acids is 2. The maximum Gasteiger partial charge on any atom is 0.296 e. The van der Waals surface area contributed by atoms with Crippen molar-refractivity contribution in [2.24, 2.45) is 0 Å². The number of thiazole rings is 1. The molecule has 0 radical (unpaired) electrons. The molecule has 184 valence electrons. The lowest BCUT2D eigenvalue weighted by Gasteiger charge is -2.24. The van der Waals surface area contributed by atoms with E-state index < -0.39 is 23.5 Å². The van der Waals surface area contributed by atoms with Crippen LogP contribution in [0.25, 0.3) is 21.2 Å². The Kier molecular flexibility index (Phi) is 5.42. The Morgan fingerprint density at radius 1 is 1.00 bits per heavy atom. The van der Waals surface area contributed by atoms with Crippen molar-refractivity contribution in [3.63, 3.8) is 0 Å². The highest BCUT2D eigenvalue weighted by molar-refractivity contribution is 7.22. The van der Waals surface area contributed by atoms with E-state index in [0.29, 0.717) is 33.3 Å². The summed E-state index contributed by atoms with van der Waals surface area (Å²) in [6, 6.07) is 20.3. The van der Waals surface area contributed by atoms with Crippen LogP contribution < -0.4 is 14.4 Å². The zero-order chi connectivity index (χ0) is 25.7. The number of furan rings is 1. The first-order valence-electron chi connectivity index (χ1n) is 11.4. The standard InChI is InChI=1S/C28H20N2O6S/c1-34-17-9-7-15(8-10-17)24-23(25(31)21-13-16-5-3-4-6-20(16)36-21)26(32)27(33)30(24)28-29-19-12-11-18(35-2)14-22(19)37-28/h3-14,24,32H,1-2H3. The van der Waals surface area contributed by atoms with Gasteiger partial charge in [-0.2, -0.15) is 0 Å². The summed E-state index contributed by atoms with van der Waals surface area (Å²) < 4.78 is 17.2. The van der Waals surface area contributed by atoms with Gasteiger partial charge in [-0.1, -0.05) is 41.7 Å². The SMILES string of the molecule is COc1ccc(C2C(C(=O)c3cc4ccccc4o3)=C(O)C(=O)N2c2nc3ccc(OC)cc3s2)cc1. The zero-order valence-corrected chi connectivity index (χ0v) is 20.6. The van der Waals surface area contributed by atoms with Crippen molar-refractivity contribution >= 4 is 49.3 Å². The predicted molar refractivity (Wildman–Crippen MR) is 140 cm³/mol. The summed E-state index contributed by atoms with van der Waals surface area (Å²) in [5.41, 5.74) is 1.73. The van der Waals surface area contributed by atoms with E-state index in [-0.39, 0.29) is 11.3 Å². The molecule has 2 aromatic heterocycles. The molecule has 1 aliphatic heterocycles. The number of carbonyl (C=O) groups is 2. The number of para-hydroxylation sites is 1. The molecule has 0 saturated carbocycles. The monoisotopic (exact) mass is 512 g/mol. The van der Waals surface area contributed by atoms with Crippen molar-refractivity contribution in [3.05, 3.63) is 95.5 Å². The van der Waals surface area contributed by atoms with E-state index in [1.54, 1.807) is 68.8 Å². The summed E-state index contributed by atoms with van der Waals surface area (Å²) in [4.78, 5) is 33.2. The minimum absolute atomic E-state index is 0.0324. The van der Waals surface area contributed by atoms with Crippen molar-refractivity contribution in [2.75, 3.05) is 19.1 Å². The van der Waals surface area contributed by atoms with Gasteiger partial charge in [-0.15, -0.1) is 0 Å². The van der Waals surface area contributed by atoms with Gasteiger partial charge in [-0.05, 0) is 48.0 Å². The van der Waals surface area contributed by atoms with Crippen LogP contribution in [0.2, 0.25) is 0 Å². The molecule has 0 saturated heterocycles. The summed E-state index contributed by atoms with van der Waals surface area (Å²) in [5, 5.41) is 12.1. The number of aliphatic hydroxyl groups excluding tert-OH is 1. The van der Waals surface area contributed by atoms with Gasteiger partial charge < -0.3 is 19.0 Å². The molecular weight excluding hydrogens is 492 g/mol. The lowest BCUT2D eigenvalue weighted by atomic mass is 9.95. The summed E-state index contributed by atoms with van der Waals surface area (Å²) in [6.07, 6.45) is 0. The van der Waals surface area contributed by atoms with Crippen LogP contribution in [-0.4, -0.2) is 36.0 Å². The van der Waals surface area contributed by atoms with Gasteiger partial charge in [0.25, 0.3) is 5.91 Å². The molecule has 8 nitrogen and oxygen atoms in total. The number of amides is 1. The predicted octanol–water partition coefficient (Wildman–Crippen LogP) is 5.84. The molecule has 5 aromatic rings. The number of fused-ring (bicyclic) bond motifs is 2. The summed E-state index contributed by atoms with van der Waals surface area (Å²) in [7, 11) is 3.13. The first-order chi connectivity index (χ1) is 18.0. The molecule has 3 aromatic carbocycles. The summed E-state index contributed by atoms with van der Waals surface area (Å²) >= 11 is 1.27. The van der Waals surface area contributed by atoms with Crippen molar-refractivity contribution < 1.29 is 28.6 Å². The second kappa shape index (κ2) is 8.79. The van der Waals surface area contributed by atoms with Crippen molar-refractivity contribution in [3.8, 4) is 11.5 Å². The fraction of sp³-hybridized carbons (Fsp3) is 0.107. The van der Waals surface area contributed by atoms with E-state index in [1.807, 2.05) is 18.2 Å². The zero-order valence-electron chi connectivity index (χ0n) is 19.8. The Balaban J connectivity index is 1.50. The average molecular weight is 513 g/mol. The van der Waals surface area contributed by atoms with Crippen molar-refractivity contribution in [2.45, 2.75) is 6.04 Å². The van der Waals surface area contributed by atoms with Crippen LogP contribution in [0.5, 0.6) is 11.5 Å². The normalized spacial score (nSPS) is 15.7. The first kappa shape index (κ1) is 22.8. The van der Waals surface area contributed by atoms with Gasteiger partial charge in [0.2, 0.25) is 5.78 Å². The molecule has 1 N–H and O–H groups in total. The lowest BCUT2D eigenvalue weighted by Crippen LogP contribution is -2.30. The number of ether oxygens (including phenoxy) is 2. The Bertz CT molecular complexity index is 1680. The average Bonchev–Trinajstić information content (AvgIpc) is 3.62. The molecular formula is C28H20N2O6S. The molecule has 1 amide bonds. The Labute approximate surface area is 215 Å². The summed E-state index contributed by atoms with van der Waals surface area (Å²) in [5.74, 6) is -0.624. The van der Waals surface area contributed by atoms with Crippen LogP contribution in [0, 0.1) is 0 Å². The second-order valence-electron chi connectivity index (χ2n) is 8.42. The number of hydrogen-bond acceptors (Lipinski definition) is 8. The topological polar surface area (TPSA) is 102 Å². The third kappa shape index (κ3) is 3.71. The molecule has 0 spiro atoms. The van der Waals surface area contributed by atoms with E-state index in [4.69, 9.17) is 13.9 Å². The smallest absolute Gasteiger partial charge is 0.296 e. The number of aliphatic hydroxyl groups is 1. The number of nitrogens with zero attached hydrogens (tertiary/aromatic N) is 2. The van der Waals surface area contributed by atoms with Crippen molar-refractivity contribution in [1.29, 1.82) is 0 Å². The Hall–Kier alpha value is -4.63. The van der Waals surface area contributed by atoms with Gasteiger partial charge in [0.05, 0.1) is 36.1 Å². The van der Waals surface area contributed by atoms with Crippen LogP contribution in [0.1, 0.15) is 22.2 Å². The van der Waals surface area contributed by atoms with Gasteiger partial charge in [0.1, 0.15) is 17.1 Å². The van der Waals surface area contributed by atoms with E-state index >= 15 is 0 Å². The third-order valence-electron chi connectivity index (χ3n) is 6.32. The maximum atomic E-state index is 13.8. The Morgan fingerprint density at radius 3 is 2.46 bits per heavy atom. The number of hydrogen-bond donors (Lipinski definition) is 1. The summed E-state index contributed by atoms with van der Waals surface area (Å²) in [6.45, 7) is 0. The van der Waals surface area contributed by atoms with Gasteiger partial charge >= 0.3 is 0 Å². The molecule has 1 aliphatic rings. The number of anilines is 1. The number of ketones is 1. The minimum atomic E-state index is -0.929. The van der Waals surface area contributed by atoms with E-state index in [1.165, 1.54) is 16.2 Å². The Morgan fingerprint density at radius 2 is 1.73 bits per heavy atom. The largest absolute Gasteiger partial charge is 0.503 e. The quantitative estimate of drug-likeness (QED) is 0.285. The van der Waals surface area contributed by atoms with Gasteiger partial charge in [0, 0.05) is 5.39 Å². The number of rotatable bonds is 6. The van der Waals surface area contributed by atoms with Gasteiger partial charge in [-0.3, -0.25) is 14.5 Å². The molecule has 6 rings (SSSR count). The molecule has 0 aliphatic carbocycles. The first-order valence-corrected chi connectivity index (χ1v) is 12.2. The van der Waals surface area contributed by atoms with Crippen LogP contribution >= 0.6 is 11.3 Å². The molecule has 9 heteroatoms. The van der Waals surface area contributed by atoms with Crippen LogP contribution in [-0.2, 0) is 4.79 Å². The lowest BCUT2D eigenvalue weighted by molar-refractivity contribution is -0.117. The number of methoxy groups -OCH3 is 2. The fourth-order valence-corrected chi connectivity index (χ4v) is 5.51. The highest BCUT2D eigenvalue weighted by Crippen LogP contribution is 2.45. The van der Waals surface area contributed by atoms with Crippen LogP contribution in [0.15, 0.2) is 88.5 Å². The molecule has 3 heterocycles. The fourth-order valence-electron chi connectivity index (χ4n) is 4.49. The number of aromatic nitrogens is 1. The maximum absolute atomic E-state index is 13.8. The second-order valence-corrected chi connectivity index (χ2v) is 9.43. The van der Waals surface area contributed by atoms with Gasteiger partial charge in [0.15, 0.2) is 16.7 Å². The molecule has 0 fully saturated rings. The highest BCUT2D eigenvalue weighted by Gasteiger charge is 2.46. The van der Waals surface area contributed by atoms with E-state index in [0.717, 1.165) is 10.1 Å². The molecule has 37 heavy (non-hydrogen) atoms. The van der Waals surface area contributed by atoms with Crippen LogP contribution in [0.3, 0.4) is 0 Å². The number of Topliss-reactive ketones (excluding diaryl/α,β-unsaturated/α-hetero) is 1. The van der Waals surface area contributed by atoms with E-state index in [2.05, 4.69) is 4.98 Å².